The Morgan fingerprint density at radius 2 is 1.41 bits per heavy atom. The molecule has 1 aliphatic rings. The van der Waals surface area contributed by atoms with Gasteiger partial charge in [0.05, 0.1) is 16.8 Å². The lowest BCUT2D eigenvalue weighted by molar-refractivity contribution is -0.124. The predicted molar refractivity (Wildman–Crippen MR) is 111 cm³/mol. The van der Waals surface area contributed by atoms with Crippen molar-refractivity contribution in [3.63, 3.8) is 0 Å². The lowest BCUT2D eigenvalue weighted by atomic mass is 10.0. The van der Waals surface area contributed by atoms with Crippen LogP contribution in [0.4, 0.5) is 0 Å². The van der Waals surface area contributed by atoms with Crippen molar-refractivity contribution in [3.8, 4) is 16.9 Å². The van der Waals surface area contributed by atoms with Crippen LogP contribution in [-0.4, -0.2) is 21.5 Å². The van der Waals surface area contributed by atoms with Crippen LogP contribution in [0.3, 0.4) is 0 Å². The van der Waals surface area contributed by atoms with E-state index in [9.17, 15) is 14.7 Å². The third kappa shape index (κ3) is 2.72. The van der Waals surface area contributed by atoms with Crippen molar-refractivity contribution in [1.29, 1.82) is 0 Å². The van der Waals surface area contributed by atoms with Crippen molar-refractivity contribution < 1.29 is 14.7 Å². The van der Waals surface area contributed by atoms with E-state index in [2.05, 4.69) is 40.2 Å². The van der Waals surface area contributed by atoms with Crippen molar-refractivity contribution in [1.82, 2.24) is 9.88 Å². The van der Waals surface area contributed by atoms with Gasteiger partial charge in [0.25, 0.3) is 11.8 Å². The average molecular weight is 380 g/mol. The summed E-state index contributed by atoms with van der Waals surface area (Å²) in [4.78, 5) is 23.5. The number of carbonyl (C=O) groups is 2. The zero-order valence-electron chi connectivity index (χ0n) is 15.3. The highest BCUT2D eigenvalue weighted by Crippen LogP contribution is 2.32. The van der Waals surface area contributed by atoms with Gasteiger partial charge in [-0.2, -0.15) is 0 Å². The number of para-hydroxylation sites is 1. The number of rotatable bonds is 3. The molecule has 4 aromatic rings. The van der Waals surface area contributed by atoms with E-state index in [1.807, 2.05) is 42.5 Å². The summed E-state index contributed by atoms with van der Waals surface area (Å²) in [5.74, 6) is -1.90. The van der Waals surface area contributed by atoms with Gasteiger partial charge in [0.1, 0.15) is 0 Å². The number of aliphatic hydroxyl groups is 1. The van der Waals surface area contributed by atoms with Gasteiger partial charge in [-0.25, -0.2) is 0 Å². The first-order valence-electron chi connectivity index (χ1n) is 9.19. The van der Waals surface area contributed by atoms with Crippen molar-refractivity contribution in [2.45, 2.75) is 0 Å². The fourth-order valence-corrected chi connectivity index (χ4v) is 3.75. The van der Waals surface area contributed by atoms with Crippen LogP contribution >= 0.6 is 0 Å². The van der Waals surface area contributed by atoms with Crippen LogP contribution in [0, 0.1) is 0 Å². The average Bonchev–Trinajstić information content (AvgIpc) is 3.26. The highest BCUT2D eigenvalue weighted by atomic mass is 16.3. The van der Waals surface area contributed by atoms with Gasteiger partial charge in [0.15, 0.2) is 5.76 Å². The molecule has 5 nitrogen and oxygen atoms in total. The maximum atomic E-state index is 12.0. The minimum Gasteiger partial charge on any atom is -0.502 e. The summed E-state index contributed by atoms with van der Waals surface area (Å²) in [5, 5.41) is 13.1. The fraction of sp³-hybridized carbons (Fsp3) is 0. The topological polar surface area (TPSA) is 71.3 Å². The normalized spacial score (nSPS) is 13.9. The number of amides is 2. The van der Waals surface area contributed by atoms with Gasteiger partial charge in [0, 0.05) is 11.1 Å². The second-order valence-electron chi connectivity index (χ2n) is 6.84. The number of imide groups is 1. The van der Waals surface area contributed by atoms with Crippen LogP contribution in [0.25, 0.3) is 33.4 Å². The number of hydrogen-bond donors (Lipinski definition) is 2. The van der Waals surface area contributed by atoms with Crippen molar-refractivity contribution in [2.75, 3.05) is 0 Å². The summed E-state index contributed by atoms with van der Waals surface area (Å²) in [6.45, 7) is 0. The van der Waals surface area contributed by atoms with Crippen LogP contribution in [0.5, 0.6) is 0 Å². The number of carbonyl (C=O) groups excluding carboxylic acids is 2. The number of nitrogens with zero attached hydrogens (tertiary/aromatic N) is 1. The minimum atomic E-state index is -0.767. The predicted octanol–water partition coefficient (Wildman–Crippen LogP) is 4.22. The Bertz CT molecular complexity index is 1300. The fourth-order valence-electron chi connectivity index (χ4n) is 3.75. The molecule has 0 saturated carbocycles. The molecule has 0 spiro atoms. The second-order valence-corrected chi connectivity index (χ2v) is 6.84. The zero-order valence-corrected chi connectivity index (χ0v) is 15.3. The van der Waals surface area contributed by atoms with Crippen molar-refractivity contribution in [3.05, 3.63) is 96.3 Å². The molecular weight excluding hydrogens is 364 g/mol. The Hall–Kier alpha value is -4.12. The number of hydrogen-bond acceptors (Lipinski definition) is 3. The maximum Gasteiger partial charge on any atom is 0.293 e. The van der Waals surface area contributed by atoms with E-state index < -0.39 is 17.6 Å². The molecule has 0 fully saturated rings. The van der Waals surface area contributed by atoms with Gasteiger partial charge in [-0.05, 0) is 35.4 Å². The van der Waals surface area contributed by atoms with E-state index in [-0.39, 0.29) is 5.57 Å². The Morgan fingerprint density at radius 3 is 2.10 bits per heavy atom. The number of benzene rings is 3. The van der Waals surface area contributed by atoms with E-state index in [4.69, 9.17) is 0 Å². The zero-order chi connectivity index (χ0) is 20.0. The van der Waals surface area contributed by atoms with Crippen LogP contribution < -0.4 is 5.32 Å². The van der Waals surface area contributed by atoms with Gasteiger partial charge >= 0.3 is 0 Å². The molecule has 140 valence electrons. The van der Waals surface area contributed by atoms with E-state index in [0.29, 0.717) is 5.56 Å². The molecule has 2 heterocycles. The smallest absolute Gasteiger partial charge is 0.293 e. The first-order chi connectivity index (χ1) is 14.1. The minimum absolute atomic E-state index is 0.00203. The summed E-state index contributed by atoms with van der Waals surface area (Å²) in [5.41, 5.74) is 4.62. The maximum absolute atomic E-state index is 12.0. The first kappa shape index (κ1) is 17.0. The molecule has 5 rings (SSSR count). The SMILES string of the molecule is O=C1NC(=O)C(c2ccc(-n3c(-c4ccccc4)cc4ccccc43)cc2)=C1O. The summed E-state index contributed by atoms with van der Waals surface area (Å²) in [6.07, 6.45) is 0. The third-order valence-electron chi connectivity index (χ3n) is 5.10. The Balaban J connectivity index is 1.67. The molecule has 29 heavy (non-hydrogen) atoms. The summed E-state index contributed by atoms with van der Waals surface area (Å²) in [6, 6.07) is 27.7. The summed E-state index contributed by atoms with van der Waals surface area (Å²) in [7, 11) is 0. The molecule has 0 aliphatic carbocycles. The lowest BCUT2D eigenvalue weighted by Gasteiger charge is -2.12. The number of aromatic nitrogens is 1. The van der Waals surface area contributed by atoms with Gasteiger partial charge < -0.3 is 9.67 Å². The molecular formula is C24H16N2O3. The molecule has 1 aromatic heterocycles. The molecule has 0 bridgehead atoms. The molecule has 3 aromatic carbocycles. The Morgan fingerprint density at radius 1 is 0.724 bits per heavy atom. The molecule has 0 radical (unpaired) electrons. The molecule has 1 aliphatic heterocycles. The number of aliphatic hydroxyl groups excluding tert-OH is 1. The largest absolute Gasteiger partial charge is 0.502 e. The number of nitrogens with one attached hydrogen (secondary N) is 1. The third-order valence-corrected chi connectivity index (χ3v) is 5.10. The highest BCUT2D eigenvalue weighted by Gasteiger charge is 2.31. The van der Waals surface area contributed by atoms with Gasteiger partial charge in [-0.1, -0.05) is 60.7 Å². The molecule has 0 atom stereocenters. The van der Waals surface area contributed by atoms with Gasteiger partial charge in [-0.15, -0.1) is 0 Å². The number of fused-ring (bicyclic) bond motifs is 1. The lowest BCUT2D eigenvalue weighted by Crippen LogP contribution is -2.22. The van der Waals surface area contributed by atoms with Crippen molar-refractivity contribution in [2.24, 2.45) is 0 Å². The standard InChI is InChI=1S/C24H16N2O3/c27-22-21(23(28)25-24(22)29)16-10-12-18(13-11-16)26-19-9-5-4-8-17(19)14-20(26)15-6-2-1-3-7-15/h1-14H,(H2,25,27,28,29). The van der Waals surface area contributed by atoms with E-state index in [1.165, 1.54) is 0 Å². The monoisotopic (exact) mass is 380 g/mol. The van der Waals surface area contributed by atoms with Crippen LogP contribution in [0.15, 0.2) is 90.7 Å². The Kier molecular flexibility index (Phi) is 3.81. The van der Waals surface area contributed by atoms with E-state index in [0.717, 1.165) is 27.8 Å². The summed E-state index contributed by atoms with van der Waals surface area (Å²) >= 11 is 0. The quantitative estimate of drug-likeness (QED) is 0.523. The molecule has 2 N–H and O–H groups in total. The molecule has 2 amide bonds. The van der Waals surface area contributed by atoms with Gasteiger partial charge in [0.2, 0.25) is 0 Å². The summed E-state index contributed by atoms with van der Waals surface area (Å²) < 4.78 is 2.16. The van der Waals surface area contributed by atoms with Crippen molar-refractivity contribution >= 4 is 28.3 Å². The Labute approximate surface area is 166 Å². The second kappa shape index (κ2) is 6.49. The first-order valence-corrected chi connectivity index (χ1v) is 9.19. The van der Waals surface area contributed by atoms with Crippen LogP contribution in [0.2, 0.25) is 0 Å². The van der Waals surface area contributed by atoms with Gasteiger partial charge in [-0.3, -0.25) is 14.9 Å². The van der Waals surface area contributed by atoms with E-state index >= 15 is 0 Å². The van der Waals surface area contributed by atoms with Crippen LogP contribution in [-0.2, 0) is 9.59 Å². The highest BCUT2D eigenvalue weighted by molar-refractivity contribution is 6.35. The van der Waals surface area contributed by atoms with E-state index in [1.54, 1.807) is 12.1 Å². The molecule has 5 heteroatoms. The van der Waals surface area contributed by atoms with Crippen LogP contribution in [0.1, 0.15) is 5.56 Å². The molecule has 0 saturated heterocycles. The molecule has 0 unspecified atom stereocenters.